The quantitative estimate of drug-likeness (QED) is 0.812. The number of carbonyl (C=O) groups is 1. The molecule has 19 heavy (non-hydrogen) atoms. The van der Waals surface area contributed by atoms with Crippen LogP contribution in [0.1, 0.15) is 19.8 Å². The van der Waals surface area contributed by atoms with Gasteiger partial charge in [0.1, 0.15) is 5.82 Å². The van der Waals surface area contributed by atoms with Crippen LogP contribution in [-0.2, 0) is 4.79 Å². The lowest BCUT2D eigenvalue weighted by atomic mass is 9.82. The van der Waals surface area contributed by atoms with Crippen LogP contribution in [0.2, 0.25) is 0 Å². The Bertz CT molecular complexity index is 499. The first-order valence-corrected chi connectivity index (χ1v) is 6.09. The van der Waals surface area contributed by atoms with E-state index in [0.717, 1.165) is 13.0 Å². The van der Waals surface area contributed by atoms with Crippen molar-refractivity contribution in [3.05, 3.63) is 29.6 Å². The third-order valence-electron chi connectivity index (χ3n) is 3.40. The molecule has 1 fully saturated rings. The van der Waals surface area contributed by atoms with Crippen LogP contribution in [0, 0.1) is 22.9 Å². The molecule has 1 unspecified atom stereocenters. The van der Waals surface area contributed by atoms with Crippen molar-refractivity contribution < 1.29 is 18.0 Å². The summed E-state index contributed by atoms with van der Waals surface area (Å²) in [5.74, 6) is -3.85. The summed E-state index contributed by atoms with van der Waals surface area (Å²) in [7, 11) is 0. The van der Waals surface area contributed by atoms with Gasteiger partial charge in [0.15, 0.2) is 11.6 Å². The van der Waals surface area contributed by atoms with Gasteiger partial charge in [0.05, 0.1) is 11.1 Å². The fraction of sp³-hybridized carbons (Fsp3) is 0.462. The lowest BCUT2D eigenvalue weighted by Crippen LogP contribution is -2.46. The van der Waals surface area contributed by atoms with Gasteiger partial charge in [-0.2, -0.15) is 0 Å². The molecule has 0 saturated carbocycles. The smallest absolute Gasteiger partial charge is 0.231 e. The number of benzene rings is 1. The second-order valence-electron chi connectivity index (χ2n) is 5.04. The molecule has 1 aromatic rings. The standard InChI is InChI=1S/C13H15F3N2O/c1-13(3-2-4-17-7-13)12(19)18-11-6-9(15)8(14)5-10(11)16/h5-6,17H,2-4,7H2,1H3,(H,18,19). The van der Waals surface area contributed by atoms with E-state index in [-0.39, 0.29) is 5.69 Å². The maximum Gasteiger partial charge on any atom is 0.231 e. The molecule has 2 rings (SSSR count). The summed E-state index contributed by atoms with van der Waals surface area (Å²) in [6.07, 6.45) is 1.50. The Morgan fingerprint density at radius 3 is 2.58 bits per heavy atom. The van der Waals surface area contributed by atoms with Crippen LogP contribution >= 0.6 is 0 Å². The summed E-state index contributed by atoms with van der Waals surface area (Å²) in [6, 6.07) is 1.08. The summed E-state index contributed by atoms with van der Waals surface area (Å²) in [6.45, 7) is 3.07. The average Bonchev–Trinajstić information content (AvgIpc) is 2.36. The molecule has 0 aliphatic carbocycles. The van der Waals surface area contributed by atoms with Crippen molar-refractivity contribution in [1.29, 1.82) is 0 Å². The van der Waals surface area contributed by atoms with E-state index < -0.39 is 28.8 Å². The number of nitrogens with one attached hydrogen (secondary N) is 2. The van der Waals surface area contributed by atoms with E-state index in [4.69, 9.17) is 0 Å². The van der Waals surface area contributed by atoms with Gasteiger partial charge in [-0.25, -0.2) is 13.2 Å². The van der Waals surface area contributed by atoms with Gasteiger partial charge in [-0.15, -0.1) is 0 Å². The highest BCUT2D eigenvalue weighted by Crippen LogP contribution is 2.28. The average molecular weight is 272 g/mol. The molecule has 1 saturated heterocycles. The molecule has 104 valence electrons. The molecule has 1 amide bonds. The summed E-state index contributed by atoms with van der Waals surface area (Å²) in [5, 5.41) is 5.42. The first-order chi connectivity index (χ1) is 8.92. The summed E-state index contributed by atoms with van der Waals surface area (Å²) in [4.78, 5) is 12.1. The van der Waals surface area contributed by atoms with Crippen LogP contribution in [0.4, 0.5) is 18.9 Å². The van der Waals surface area contributed by atoms with Gasteiger partial charge >= 0.3 is 0 Å². The van der Waals surface area contributed by atoms with Crippen molar-refractivity contribution in [2.24, 2.45) is 5.41 Å². The van der Waals surface area contributed by atoms with Gasteiger partial charge in [0.2, 0.25) is 5.91 Å². The number of halogens is 3. The molecule has 0 bridgehead atoms. The molecule has 1 heterocycles. The molecule has 2 N–H and O–H groups in total. The molecule has 1 aromatic carbocycles. The second kappa shape index (κ2) is 5.21. The fourth-order valence-electron chi connectivity index (χ4n) is 2.14. The number of rotatable bonds is 2. The molecule has 1 aliphatic heterocycles. The van der Waals surface area contributed by atoms with Crippen molar-refractivity contribution in [3.8, 4) is 0 Å². The number of hydrogen-bond donors (Lipinski definition) is 2. The van der Waals surface area contributed by atoms with E-state index in [0.29, 0.717) is 25.1 Å². The Labute approximate surface area is 109 Å². The third-order valence-corrected chi connectivity index (χ3v) is 3.40. The fourth-order valence-corrected chi connectivity index (χ4v) is 2.14. The van der Waals surface area contributed by atoms with Gasteiger partial charge in [-0.3, -0.25) is 4.79 Å². The normalized spacial score (nSPS) is 23.2. The zero-order chi connectivity index (χ0) is 14.0. The molecular weight excluding hydrogens is 257 g/mol. The minimum atomic E-state index is -1.28. The molecule has 0 radical (unpaired) electrons. The Hall–Kier alpha value is -1.56. The van der Waals surface area contributed by atoms with Crippen LogP contribution in [-0.4, -0.2) is 19.0 Å². The zero-order valence-corrected chi connectivity index (χ0v) is 10.5. The maximum absolute atomic E-state index is 13.4. The van der Waals surface area contributed by atoms with Crippen molar-refractivity contribution in [3.63, 3.8) is 0 Å². The van der Waals surface area contributed by atoms with Crippen LogP contribution < -0.4 is 10.6 Å². The van der Waals surface area contributed by atoms with Gasteiger partial charge in [-0.05, 0) is 26.3 Å². The van der Waals surface area contributed by atoms with E-state index >= 15 is 0 Å². The van der Waals surface area contributed by atoms with Crippen LogP contribution in [0.25, 0.3) is 0 Å². The predicted molar refractivity (Wildman–Crippen MR) is 65.2 cm³/mol. The van der Waals surface area contributed by atoms with E-state index in [1.807, 2.05) is 0 Å². The number of piperidine rings is 1. The molecule has 0 aromatic heterocycles. The largest absolute Gasteiger partial charge is 0.323 e. The molecule has 0 spiro atoms. The number of hydrogen-bond acceptors (Lipinski definition) is 2. The Balaban J connectivity index is 2.16. The van der Waals surface area contributed by atoms with E-state index in [1.54, 1.807) is 6.92 Å². The monoisotopic (exact) mass is 272 g/mol. The SMILES string of the molecule is CC1(C(=O)Nc2cc(F)c(F)cc2F)CCCNC1. The first kappa shape index (κ1) is 13.9. The maximum atomic E-state index is 13.4. The zero-order valence-electron chi connectivity index (χ0n) is 10.5. The van der Waals surface area contributed by atoms with E-state index in [1.165, 1.54) is 0 Å². The Kier molecular flexibility index (Phi) is 3.80. The van der Waals surface area contributed by atoms with Crippen molar-refractivity contribution in [1.82, 2.24) is 5.32 Å². The predicted octanol–water partition coefficient (Wildman–Crippen LogP) is 2.43. The molecule has 1 aliphatic rings. The van der Waals surface area contributed by atoms with Gasteiger partial charge in [0, 0.05) is 18.7 Å². The molecule has 3 nitrogen and oxygen atoms in total. The summed E-state index contributed by atoms with van der Waals surface area (Å²) < 4.78 is 39.3. The van der Waals surface area contributed by atoms with Crippen LogP contribution in [0.15, 0.2) is 12.1 Å². The first-order valence-electron chi connectivity index (χ1n) is 6.09. The van der Waals surface area contributed by atoms with Gasteiger partial charge in [-0.1, -0.05) is 0 Å². The summed E-state index contributed by atoms with van der Waals surface area (Å²) in [5.41, 5.74) is -1.01. The number of carbonyl (C=O) groups excluding carboxylic acids is 1. The lowest BCUT2D eigenvalue weighted by molar-refractivity contribution is -0.125. The second-order valence-corrected chi connectivity index (χ2v) is 5.04. The highest BCUT2D eigenvalue weighted by atomic mass is 19.2. The van der Waals surface area contributed by atoms with E-state index in [9.17, 15) is 18.0 Å². The summed E-state index contributed by atoms with van der Waals surface area (Å²) >= 11 is 0. The molecular formula is C13H15F3N2O. The topological polar surface area (TPSA) is 41.1 Å². The van der Waals surface area contributed by atoms with E-state index in [2.05, 4.69) is 10.6 Å². The lowest BCUT2D eigenvalue weighted by Gasteiger charge is -2.32. The number of anilines is 1. The minimum absolute atomic E-state index is 0.337. The van der Waals surface area contributed by atoms with Crippen LogP contribution in [0.3, 0.4) is 0 Å². The van der Waals surface area contributed by atoms with Crippen LogP contribution in [0.5, 0.6) is 0 Å². The highest BCUT2D eigenvalue weighted by molar-refractivity contribution is 5.95. The van der Waals surface area contributed by atoms with Crippen molar-refractivity contribution in [2.75, 3.05) is 18.4 Å². The van der Waals surface area contributed by atoms with Crippen molar-refractivity contribution in [2.45, 2.75) is 19.8 Å². The Morgan fingerprint density at radius 2 is 1.95 bits per heavy atom. The van der Waals surface area contributed by atoms with Gasteiger partial charge < -0.3 is 10.6 Å². The van der Waals surface area contributed by atoms with Crippen molar-refractivity contribution >= 4 is 11.6 Å². The minimum Gasteiger partial charge on any atom is -0.323 e. The molecule has 1 atom stereocenters. The van der Waals surface area contributed by atoms with Gasteiger partial charge in [0.25, 0.3) is 0 Å². The third kappa shape index (κ3) is 2.89. The molecule has 6 heteroatoms. The number of amides is 1. The highest BCUT2D eigenvalue weighted by Gasteiger charge is 2.35. The Morgan fingerprint density at radius 1 is 1.26 bits per heavy atom.